The first-order valence-electron chi connectivity index (χ1n) is 5.74. The number of aromatic nitrogens is 3. The Bertz CT molecular complexity index is 622. The van der Waals surface area contributed by atoms with Crippen molar-refractivity contribution in [3.63, 3.8) is 0 Å². The van der Waals surface area contributed by atoms with Crippen molar-refractivity contribution in [1.82, 2.24) is 14.8 Å². The van der Waals surface area contributed by atoms with Crippen molar-refractivity contribution < 1.29 is 17.6 Å². The fraction of sp³-hybridized carbons (Fsp3) is 0.333. The van der Waals surface area contributed by atoms with Gasteiger partial charge in [-0.1, -0.05) is 6.07 Å². The summed E-state index contributed by atoms with van der Waals surface area (Å²) in [6, 6.07) is 3.06. The lowest BCUT2D eigenvalue weighted by Crippen LogP contribution is -2.10. The van der Waals surface area contributed by atoms with Crippen LogP contribution in [-0.2, 0) is 18.6 Å². The third kappa shape index (κ3) is 2.49. The van der Waals surface area contributed by atoms with Crippen molar-refractivity contribution in [1.29, 1.82) is 0 Å². The molecule has 0 bridgehead atoms. The Hall–Kier alpha value is -1.63. The van der Waals surface area contributed by atoms with E-state index in [0.29, 0.717) is 18.4 Å². The van der Waals surface area contributed by atoms with Crippen molar-refractivity contribution in [3.05, 3.63) is 35.4 Å². The van der Waals surface area contributed by atoms with Crippen molar-refractivity contribution in [2.75, 3.05) is 0 Å². The highest BCUT2D eigenvalue weighted by Crippen LogP contribution is 2.35. The summed E-state index contributed by atoms with van der Waals surface area (Å²) in [6.07, 6.45) is -4.76. The summed E-state index contributed by atoms with van der Waals surface area (Å²) in [4.78, 5) is 0. The predicted octanol–water partition coefficient (Wildman–Crippen LogP) is 3.86. The third-order valence-corrected chi connectivity index (χ3v) is 3.05. The van der Waals surface area contributed by atoms with Gasteiger partial charge in [-0.3, -0.25) is 0 Å². The Kier molecular flexibility index (Phi) is 3.99. The van der Waals surface area contributed by atoms with E-state index in [9.17, 15) is 17.6 Å². The van der Waals surface area contributed by atoms with Crippen LogP contribution >= 0.6 is 11.6 Å². The van der Waals surface area contributed by atoms with Crippen molar-refractivity contribution in [3.8, 4) is 11.4 Å². The molecule has 2 aromatic rings. The van der Waals surface area contributed by atoms with E-state index in [4.69, 9.17) is 11.6 Å². The van der Waals surface area contributed by atoms with E-state index in [-0.39, 0.29) is 17.3 Å². The van der Waals surface area contributed by atoms with Gasteiger partial charge >= 0.3 is 6.18 Å². The van der Waals surface area contributed by atoms with Crippen LogP contribution < -0.4 is 0 Å². The zero-order valence-corrected chi connectivity index (χ0v) is 11.1. The number of alkyl halides is 4. The fourth-order valence-corrected chi connectivity index (χ4v) is 2.09. The van der Waals surface area contributed by atoms with E-state index in [0.717, 1.165) is 6.07 Å². The van der Waals surface area contributed by atoms with Crippen LogP contribution in [0.2, 0.25) is 0 Å². The van der Waals surface area contributed by atoms with Gasteiger partial charge in [0.25, 0.3) is 0 Å². The molecule has 0 amide bonds. The highest BCUT2D eigenvalue weighted by Gasteiger charge is 2.35. The van der Waals surface area contributed by atoms with E-state index in [1.165, 1.54) is 10.6 Å². The van der Waals surface area contributed by atoms with E-state index in [2.05, 4.69) is 10.2 Å². The first kappa shape index (κ1) is 14.8. The molecule has 20 heavy (non-hydrogen) atoms. The molecule has 0 spiro atoms. The van der Waals surface area contributed by atoms with Gasteiger partial charge in [0.2, 0.25) is 0 Å². The Morgan fingerprint density at radius 1 is 1.25 bits per heavy atom. The van der Waals surface area contributed by atoms with Gasteiger partial charge in [0, 0.05) is 6.54 Å². The van der Waals surface area contributed by atoms with Gasteiger partial charge in [-0.2, -0.15) is 13.2 Å². The lowest BCUT2D eigenvalue weighted by atomic mass is 10.1. The van der Waals surface area contributed by atoms with E-state index >= 15 is 0 Å². The molecule has 2 rings (SSSR count). The lowest BCUT2D eigenvalue weighted by Gasteiger charge is -2.11. The van der Waals surface area contributed by atoms with Crippen molar-refractivity contribution in [2.45, 2.75) is 25.5 Å². The number of rotatable bonds is 3. The molecule has 1 aromatic heterocycles. The summed E-state index contributed by atoms with van der Waals surface area (Å²) in [7, 11) is 0. The highest BCUT2D eigenvalue weighted by atomic mass is 35.5. The molecule has 1 heterocycles. The zero-order chi connectivity index (χ0) is 14.9. The van der Waals surface area contributed by atoms with Crippen LogP contribution in [0.5, 0.6) is 0 Å². The van der Waals surface area contributed by atoms with E-state index in [1.807, 2.05) is 0 Å². The first-order valence-corrected chi connectivity index (χ1v) is 6.27. The molecule has 0 atom stereocenters. The largest absolute Gasteiger partial charge is 0.419 e. The topological polar surface area (TPSA) is 30.7 Å². The first-order chi connectivity index (χ1) is 9.40. The summed E-state index contributed by atoms with van der Waals surface area (Å²) < 4.78 is 53.6. The second kappa shape index (κ2) is 5.40. The minimum absolute atomic E-state index is 0.0340. The molecule has 0 radical (unpaired) electrons. The molecule has 0 aliphatic heterocycles. The number of benzene rings is 1. The number of nitrogens with zero attached hydrogens (tertiary/aromatic N) is 3. The Labute approximate surface area is 117 Å². The lowest BCUT2D eigenvalue weighted by molar-refractivity contribution is -0.139. The summed E-state index contributed by atoms with van der Waals surface area (Å²) in [5.41, 5.74) is -1.57. The normalized spacial score (nSPS) is 11.9. The summed E-state index contributed by atoms with van der Waals surface area (Å²) in [5, 5.41) is 7.48. The van der Waals surface area contributed by atoms with Crippen LogP contribution in [-0.4, -0.2) is 14.8 Å². The van der Waals surface area contributed by atoms with E-state index < -0.39 is 17.6 Å². The van der Waals surface area contributed by atoms with Gasteiger partial charge in [0.05, 0.1) is 17.0 Å². The molecular formula is C12H10ClF4N3. The van der Waals surface area contributed by atoms with Gasteiger partial charge in [0.15, 0.2) is 5.82 Å². The highest BCUT2D eigenvalue weighted by molar-refractivity contribution is 6.16. The second-order valence-electron chi connectivity index (χ2n) is 3.98. The molecule has 0 aliphatic rings. The number of hydrogen-bond acceptors (Lipinski definition) is 2. The minimum Gasteiger partial charge on any atom is -0.310 e. The fourth-order valence-electron chi connectivity index (χ4n) is 1.89. The Morgan fingerprint density at radius 3 is 2.50 bits per heavy atom. The molecule has 0 fully saturated rings. The maximum atomic E-state index is 14.0. The van der Waals surface area contributed by atoms with Gasteiger partial charge in [-0.15, -0.1) is 21.8 Å². The van der Waals surface area contributed by atoms with Crippen LogP contribution in [0.3, 0.4) is 0 Å². The smallest absolute Gasteiger partial charge is 0.310 e. The summed E-state index contributed by atoms with van der Waals surface area (Å²) in [5.74, 6) is -0.905. The maximum absolute atomic E-state index is 14.0. The SMILES string of the molecule is CCn1c(CCl)nnc1-c1cccc(C(F)(F)F)c1F. The molecule has 0 unspecified atom stereocenters. The van der Waals surface area contributed by atoms with Gasteiger partial charge < -0.3 is 4.57 Å². The second-order valence-corrected chi connectivity index (χ2v) is 4.25. The quantitative estimate of drug-likeness (QED) is 0.637. The molecular weight excluding hydrogens is 298 g/mol. The standard InChI is InChI=1S/C12H10ClF4N3/c1-2-20-9(6-13)18-19-11(20)7-4-3-5-8(10(7)14)12(15,16)17/h3-5H,2,6H2,1H3. The average molecular weight is 308 g/mol. The van der Waals surface area contributed by atoms with Gasteiger partial charge in [-0.05, 0) is 19.1 Å². The molecule has 0 aliphatic carbocycles. The Morgan fingerprint density at radius 2 is 1.95 bits per heavy atom. The Balaban J connectivity index is 2.62. The van der Waals surface area contributed by atoms with E-state index in [1.54, 1.807) is 6.92 Å². The summed E-state index contributed by atoms with van der Waals surface area (Å²) in [6.45, 7) is 2.12. The zero-order valence-electron chi connectivity index (χ0n) is 10.4. The molecule has 0 saturated heterocycles. The third-order valence-electron chi connectivity index (χ3n) is 2.81. The van der Waals surface area contributed by atoms with Gasteiger partial charge in [-0.25, -0.2) is 4.39 Å². The van der Waals surface area contributed by atoms with Crippen molar-refractivity contribution >= 4 is 11.6 Å². The number of halogens is 5. The van der Waals surface area contributed by atoms with Gasteiger partial charge in [0.1, 0.15) is 11.6 Å². The molecule has 0 N–H and O–H groups in total. The van der Waals surface area contributed by atoms with Crippen molar-refractivity contribution in [2.24, 2.45) is 0 Å². The number of hydrogen-bond donors (Lipinski definition) is 0. The average Bonchev–Trinajstić information content (AvgIpc) is 2.80. The minimum atomic E-state index is -4.76. The predicted molar refractivity (Wildman–Crippen MR) is 65.6 cm³/mol. The van der Waals surface area contributed by atoms with Crippen LogP contribution in [0.1, 0.15) is 18.3 Å². The van der Waals surface area contributed by atoms with Crippen LogP contribution in [0.25, 0.3) is 11.4 Å². The molecule has 108 valence electrons. The molecule has 0 saturated carbocycles. The molecule has 8 heteroatoms. The van der Waals surface area contributed by atoms with Crippen LogP contribution in [0.4, 0.5) is 17.6 Å². The molecule has 3 nitrogen and oxygen atoms in total. The van der Waals surface area contributed by atoms with Crippen LogP contribution in [0.15, 0.2) is 18.2 Å². The van der Waals surface area contributed by atoms with Crippen LogP contribution in [0, 0.1) is 5.82 Å². The monoisotopic (exact) mass is 307 g/mol. The summed E-state index contributed by atoms with van der Waals surface area (Å²) >= 11 is 5.66. The molecule has 1 aromatic carbocycles. The maximum Gasteiger partial charge on any atom is 0.419 e.